The summed E-state index contributed by atoms with van der Waals surface area (Å²) in [4.78, 5) is 14.5. The average Bonchev–Trinajstić information content (AvgIpc) is 3.11. The molecule has 0 saturated carbocycles. The second kappa shape index (κ2) is 5.48. The molecule has 5 heteroatoms. The first kappa shape index (κ1) is 14.1. The third-order valence-corrected chi connectivity index (χ3v) is 4.65. The molecule has 0 radical (unpaired) electrons. The van der Waals surface area contributed by atoms with E-state index < -0.39 is 5.82 Å². The topological polar surface area (TPSA) is 46.3 Å². The lowest BCUT2D eigenvalue weighted by atomic mass is 10.1. The molecule has 1 fully saturated rings. The number of nitrogens with zero attached hydrogens (tertiary/aromatic N) is 1. The van der Waals surface area contributed by atoms with Gasteiger partial charge in [-0.05, 0) is 59.9 Å². The molecule has 0 aliphatic carbocycles. The molecule has 110 valence electrons. The van der Waals surface area contributed by atoms with E-state index in [1.165, 1.54) is 6.07 Å². The molecule has 3 rings (SSSR count). The van der Waals surface area contributed by atoms with Gasteiger partial charge in [-0.25, -0.2) is 4.39 Å². The minimum absolute atomic E-state index is 0.0462. The van der Waals surface area contributed by atoms with Crippen molar-refractivity contribution >= 4 is 22.9 Å². The minimum Gasteiger partial charge on any atom is -0.399 e. The van der Waals surface area contributed by atoms with E-state index in [0.717, 1.165) is 18.4 Å². The maximum absolute atomic E-state index is 14.3. The highest BCUT2D eigenvalue weighted by Crippen LogP contribution is 2.34. The van der Waals surface area contributed by atoms with E-state index in [1.807, 2.05) is 11.4 Å². The molecular weight excluding hydrogens is 287 g/mol. The summed E-state index contributed by atoms with van der Waals surface area (Å²) in [5.41, 5.74) is 7.80. The second-order valence-corrected chi connectivity index (χ2v) is 6.19. The van der Waals surface area contributed by atoms with Crippen LogP contribution < -0.4 is 5.73 Å². The van der Waals surface area contributed by atoms with Gasteiger partial charge in [0.25, 0.3) is 5.91 Å². The van der Waals surface area contributed by atoms with Gasteiger partial charge in [-0.15, -0.1) is 0 Å². The Bertz CT molecular complexity index is 669. The van der Waals surface area contributed by atoms with Crippen LogP contribution in [0.25, 0.3) is 0 Å². The van der Waals surface area contributed by atoms with Gasteiger partial charge in [-0.2, -0.15) is 11.3 Å². The number of hydrogen-bond donors (Lipinski definition) is 1. The number of amides is 1. The fourth-order valence-corrected chi connectivity index (χ4v) is 3.64. The van der Waals surface area contributed by atoms with E-state index in [0.29, 0.717) is 17.8 Å². The van der Waals surface area contributed by atoms with E-state index in [9.17, 15) is 9.18 Å². The van der Waals surface area contributed by atoms with E-state index in [4.69, 9.17) is 5.73 Å². The molecule has 1 aromatic carbocycles. The van der Waals surface area contributed by atoms with Crippen molar-refractivity contribution in [3.63, 3.8) is 0 Å². The number of thiophene rings is 1. The summed E-state index contributed by atoms with van der Waals surface area (Å²) in [6.07, 6.45) is 1.86. The number of halogens is 1. The van der Waals surface area contributed by atoms with E-state index in [2.05, 4.69) is 5.38 Å². The molecule has 0 bridgehead atoms. The number of nitrogens with two attached hydrogens (primary N) is 1. The molecule has 2 aromatic rings. The summed E-state index contributed by atoms with van der Waals surface area (Å²) in [5.74, 6) is -0.734. The number of hydrogen-bond acceptors (Lipinski definition) is 3. The normalized spacial score (nSPS) is 18.2. The summed E-state index contributed by atoms with van der Waals surface area (Å²) in [6, 6.07) is 5.06. The van der Waals surface area contributed by atoms with Crippen LogP contribution in [0.2, 0.25) is 0 Å². The summed E-state index contributed by atoms with van der Waals surface area (Å²) < 4.78 is 14.3. The Hall–Kier alpha value is -1.88. The van der Waals surface area contributed by atoms with Crippen molar-refractivity contribution in [3.05, 3.63) is 51.5 Å². The second-order valence-electron chi connectivity index (χ2n) is 5.41. The smallest absolute Gasteiger partial charge is 0.257 e. The number of carbonyl (C=O) groups is 1. The van der Waals surface area contributed by atoms with Gasteiger partial charge in [0.15, 0.2) is 0 Å². The zero-order valence-electron chi connectivity index (χ0n) is 11.8. The Morgan fingerprint density at radius 3 is 3.00 bits per heavy atom. The number of benzene rings is 1. The lowest BCUT2D eigenvalue weighted by molar-refractivity contribution is 0.0731. The molecule has 1 unspecified atom stereocenters. The number of aryl methyl sites for hydroxylation is 1. The Balaban J connectivity index is 1.95. The molecule has 21 heavy (non-hydrogen) atoms. The fraction of sp³-hybridized carbons (Fsp3) is 0.312. The lowest BCUT2D eigenvalue weighted by Gasteiger charge is -2.25. The highest BCUT2D eigenvalue weighted by atomic mass is 32.1. The lowest BCUT2D eigenvalue weighted by Crippen LogP contribution is -2.31. The zero-order chi connectivity index (χ0) is 15.0. The van der Waals surface area contributed by atoms with Gasteiger partial charge in [0.05, 0.1) is 11.6 Å². The number of nitrogen functional groups attached to an aromatic ring is 1. The highest BCUT2D eigenvalue weighted by Gasteiger charge is 2.32. The molecule has 1 aliphatic heterocycles. The van der Waals surface area contributed by atoms with Crippen LogP contribution in [-0.2, 0) is 0 Å². The Labute approximate surface area is 127 Å². The van der Waals surface area contributed by atoms with Crippen LogP contribution in [-0.4, -0.2) is 17.4 Å². The summed E-state index contributed by atoms with van der Waals surface area (Å²) in [7, 11) is 0. The van der Waals surface area contributed by atoms with Gasteiger partial charge in [0, 0.05) is 12.2 Å². The minimum atomic E-state index is -0.467. The predicted octanol–water partition coefficient (Wildman–Crippen LogP) is 3.76. The van der Waals surface area contributed by atoms with Gasteiger partial charge >= 0.3 is 0 Å². The zero-order valence-corrected chi connectivity index (χ0v) is 12.6. The van der Waals surface area contributed by atoms with Crippen molar-refractivity contribution in [2.24, 2.45) is 0 Å². The number of rotatable bonds is 2. The van der Waals surface area contributed by atoms with Gasteiger partial charge in [0.2, 0.25) is 0 Å². The van der Waals surface area contributed by atoms with Crippen molar-refractivity contribution in [1.82, 2.24) is 4.90 Å². The van der Waals surface area contributed by atoms with Crippen LogP contribution in [0.3, 0.4) is 0 Å². The van der Waals surface area contributed by atoms with Crippen molar-refractivity contribution in [1.29, 1.82) is 0 Å². The molecular formula is C16H17FN2OS. The molecule has 1 aliphatic rings. The highest BCUT2D eigenvalue weighted by molar-refractivity contribution is 7.07. The van der Waals surface area contributed by atoms with E-state index in [-0.39, 0.29) is 17.5 Å². The van der Waals surface area contributed by atoms with Crippen molar-refractivity contribution in [2.45, 2.75) is 25.8 Å². The Kier molecular flexibility index (Phi) is 3.68. The van der Waals surface area contributed by atoms with Crippen LogP contribution in [0.15, 0.2) is 29.0 Å². The Morgan fingerprint density at radius 2 is 2.29 bits per heavy atom. The molecule has 2 heterocycles. The van der Waals surface area contributed by atoms with Crippen molar-refractivity contribution in [2.75, 3.05) is 12.3 Å². The van der Waals surface area contributed by atoms with Crippen molar-refractivity contribution in [3.8, 4) is 0 Å². The third-order valence-electron chi connectivity index (χ3n) is 3.95. The van der Waals surface area contributed by atoms with Crippen LogP contribution in [0.1, 0.15) is 40.4 Å². The molecule has 3 nitrogen and oxygen atoms in total. The summed E-state index contributed by atoms with van der Waals surface area (Å²) in [6.45, 7) is 2.29. The van der Waals surface area contributed by atoms with Gasteiger partial charge < -0.3 is 10.6 Å². The first-order valence-electron chi connectivity index (χ1n) is 6.96. The molecule has 2 N–H and O–H groups in total. The van der Waals surface area contributed by atoms with Gasteiger partial charge in [-0.3, -0.25) is 4.79 Å². The average molecular weight is 304 g/mol. The van der Waals surface area contributed by atoms with E-state index >= 15 is 0 Å². The fourth-order valence-electron chi connectivity index (χ4n) is 2.93. The van der Waals surface area contributed by atoms with Crippen LogP contribution in [0.5, 0.6) is 0 Å². The summed E-state index contributed by atoms with van der Waals surface area (Å²) >= 11 is 1.61. The maximum Gasteiger partial charge on any atom is 0.257 e. The maximum atomic E-state index is 14.3. The van der Waals surface area contributed by atoms with E-state index in [1.54, 1.807) is 29.2 Å². The largest absolute Gasteiger partial charge is 0.399 e. The van der Waals surface area contributed by atoms with Crippen molar-refractivity contribution < 1.29 is 9.18 Å². The number of anilines is 1. The molecule has 1 saturated heterocycles. The molecule has 0 spiro atoms. The first-order valence-corrected chi connectivity index (χ1v) is 7.91. The third kappa shape index (κ3) is 2.53. The summed E-state index contributed by atoms with van der Waals surface area (Å²) in [5, 5.41) is 4.05. The van der Waals surface area contributed by atoms with Crippen LogP contribution >= 0.6 is 11.3 Å². The molecule has 1 amide bonds. The van der Waals surface area contributed by atoms with Gasteiger partial charge in [-0.1, -0.05) is 0 Å². The molecule has 1 atom stereocenters. The SMILES string of the molecule is Cc1cc(N)cc(C(=O)N2CCCC2c2ccsc2)c1F. The van der Waals surface area contributed by atoms with Crippen LogP contribution in [0.4, 0.5) is 10.1 Å². The number of likely N-dealkylation sites (tertiary alicyclic amines) is 1. The standard InChI is InChI=1S/C16H17FN2OS/c1-10-7-12(18)8-13(15(10)17)16(20)19-5-2-3-14(19)11-4-6-21-9-11/h4,6-9,14H,2-3,5,18H2,1H3. The quantitative estimate of drug-likeness (QED) is 0.859. The van der Waals surface area contributed by atoms with Gasteiger partial charge in [0.1, 0.15) is 5.82 Å². The monoisotopic (exact) mass is 304 g/mol. The molecule has 1 aromatic heterocycles. The van der Waals surface area contributed by atoms with Crippen LogP contribution in [0, 0.1) is 12.7 Å². The Morgan fingerprint density at radius 1 is 1.48 bits per heavy atom. The first-order chi connectivity index (χ1) is 10.1. The predicted molar refractivity (Wildman–Crippen MR) is 82.9 cm³/mol. The number of carbonyl (C=O) groups excluding carboxylic acids is 1.